The van der Waals surface area contributed by atoms with Gasteiger partial charge in [0.25, 0.3) is 0 Å². The molecule has 0 amide bonds. The predicted octanol–water partition coefficient (Wildman–Crippen LogP) is 2.05. The van der Waals surface area contributed by atoms with Crippen LogP contribution in [0, 0.1) is 0 Å². The molecule has 2 unspecified atom stereocenters. The first kappa shape index (κ1) is 13.8. The highest BCUT2D eigenvalue weighted by Gasteiger charge is 2.44. The highest BCUT2D eigenvalue weighted by molar-refractivity contribution is 6.35. The summed E-state index contributed by atoms with van der Waals surface area (Å²) in [5, 5.41) is 4.72. The number of pyridine rings is 1. The van der Waals surface area contributed by atoms with E-state index < -0.39 is 5.41 Å². The average molecular weight is 315 g/mol. The van der Waals surface area contributed by atoms with E-state index >= 15 is 0 Å². The van der Waals surface area contributed by atoms with Crippen molar-refractivity contribution in [1.29, 1.82) is 0 Å². The lowest BCUT2D eigenvalue weighted by Crippen LogP contribution is -2.42. The van der Waals surface area contributed by atoms with Crippen LogP contribution in [-0.4, -0.2) is 34.4 Å². The van der Waals surface area contributed by atoms with Crippen LogP contribution in [0.25, 0.3) is 11.5 Å². The molecule has 6 nitrogen and oxygen atoms in total. The van der Waals surface area contributed by atoms with Gasteiger partial charge in [-0.15, -0.1) is 0 Å². The van der Waals surface area contributed by atoms with Crippen molar-refractivity contribution >= 4 is 23.2 Å². The number of halogens is 2. The van der Waals surface area contributed by atoms with E-state index in [-0.39, 0.29) is 6.04 Å². The van der Waals surface area contributed by atoms with Crippen molar-refractivity contribution < 1.29 is 9.26 Å². The van der Waals surface area contributed by atoms with Crippen molar-refractivity contribution in [3.8, 4) is 11.5 Å². The third kappa shape index (κ3) is 2.18. The van der Waals surface area contributed by atoms with Crippen molar-refractivity contribution in [2.24, 2.45) is 5.73 Å². The Kier molecular flexibility index (Phi) is 3.41. The Balaban J connectivity index is 1.98. The van der Waals surface area contributed by atoms with Crippen LogP contribution in [0.5, 0.6) is 0 Å². The summed E-state index contributed by atoms with van der Waals surface area (Å²) in [7, 11) is 0. The molecule has 8 heteroatoms. The van der Waals surface area contributed by atoms with E-state index in [2.05, 4.69) is 15.1 Å². The molecule has 2 N–H and O–H groups in total. The fourth-order valence-electron chi connectivity index (χ4n) is 2.04. The Morgan fingerprint density at radius 3 is 2.90 bits per heavy atom. The minimum atomic E-state index is -0.496. The van der Waals surface area contributed by atoms with Gasteiger partial charge in [0.15, 0.2) is 0 Å². The Bertz CT molecular complexity index is 648. The van der Waals surface area contributed by atoms with Gasteiger partial charge < -0.3 is 15.0 Å². The molecule has 3 heterocycles. The van der Waals surface area contributed by atoms with Crippen molar-refractivity contribution in [1.82, 2.24) is 15.1 Å². The molecule has 20 heavy (non-hydrogen) atoms. The maximum Gasteiger partial charge on any atom is 0.236 e. The number of aromatic nitrogens is 3. The average Bonchev–Trinajstić information content (AvgIpc) is 2.99. The normalized spacial score (nSPS) is 26.1. The number of nitrogens with zero attached hydrogens (tertiary/aromatic N) is 3. The molecule has 2 aromatic rings. The van der Waals surface area contributed by atoms with Crippen LogP contribution in [-0.2, 0) is 10.2 Å². The smallest absolute Gasteiger partial charge is 0.236 e. The van der Waals surface area contributed by atoms with Crippen LogP contribution in [0.2, 0.25) is 10.0 Å². The molecule has 0 radical (unpaired) electrons. The molecule has 1 aliphatic rings. The van der Waals surface area contributed by atoms with Gasteiger partial charge in [-0.2, -0.15) is 4.98 Å². The molecule has 1 aliphatic heterocycles. The lowest BCUT2D eigenvalue weighted by atomic mass is 9.86. The standard InChI is InChI=1S/C12H12Cl2N4O2/c1-12(5-19-4-8(12)15)11-17-10(18-20-11)9-7(14)2-6(13)3-16-9/h2-3,8H,4-5,15H2,1H3. The summed E-state index contributed by atoms with van der Waals surface area (Å²) in [4.78, 5) is 8.47. The summed E-state index contributed by atoms with van der Waals surface area (Å²) in [6.07, 6.45) is 1.48. The molecular formula is C12H12Cl2N4O2. The first-order valence-electron chi connectivity index (χ1n) is 5.99. The van der Waals surface area contributed by atoms with Gasteiger partial charge in [0.2, 0.25) is 11.7 Å². The number of rotatable bonds is 2. The van der Waals surface area contributed by atoms with Crippen molar-refractivity contribution in [2.75, 3.05) is 13.2 Å². The summed E-state index contributed by atoms with van der Waals surface area (Å²) in [5.74, 6) is 0.729. The molecule has 0 saturated carbocycles. The first-order valence-corrected chi connectivity index (χ1v) is 6.75. The Hall–Kier alpha value is -1.21. The number of nitrogens with two attached hydrogens (primary N) is 1. The number of ether oxygens (including phenoxy) is 1. The Morgan fingerprint density at radius 2 is 2.25 bits per heavy atom. The zero-order valence-corrected chi connectivity index (χ0v) is 12.1. The van der Waals surface area contributed by atoms with E-state index in [9.17, 15) is 0 Å². The highest BCUT2D eigenvalue weighted by atomic mass is 35.5. The third-order valence-corrected chi connectivity index (χ3v) is 3.95. The third-order valence-electron chi connectivity index (χ3n) is 3.45. The summed E-state index contributed by atoms with van der Waals surface area (Å²) >= 11 is 11.9. The molecular weight excluding hydrogens is 303 g/mol. The number of hydrogen-bond acceptors (Lipinski definition) is 6. The molecule has 106 valence electrons. The van der Waals surface area contributed by atoms with Gasteiger partial charge in [-0.3, -0.25) is 0 Å². The monoisotopic (exact) mass is 314 g/mol. The van der Waals surface area contributed by atoms with Crippen LogP contribution >= 0.6 is 23.2 Å². The fourth-order valence-corrected chi connectivity index (χ4v) is 2.50. The Labute approximate surface area is 125 Å². The zero-order chi connectivity index (χ0) is 14.3. The molecule has 2 atom stereocenters. The zero-order valence-electron chi connectivity index (χ0n) is 10.6. The molecule has 1 saturated heterocycles. The van der Waals surface area contributed by atoms with E-state index in [1.807, 2.05) is 6.92 Å². The summed E-state index contributed by atoms with van der Waals surface area (Å²) in [5.41, 5.74) is 5.95. The maximum absolute atomic E-state index is 6.08. The van der Waals surface area contributed by atoms with Crippen molar-refractivity contribution in [3.63, 3.8) is 0 Å². The van der Waals surface area contributed by atoms with E-state index in [0.29, 0.717) is 40.7 Å². The molecule has 0 spiro atoms. The van der Waals surface area contributed by atoms with Crippen LogP contribution in [0.1, 0.15) is 12.8 Å². The summed E-state index contributed by atoms with van der Waals surface area (Å²) in [6, 6.07) is 1.39. The molecule has 1 fully saturated rings. The van der Waals surface area contributed by atoms with Crippen LogP contribution in [0.15, 0.2) is 16.8 Å². The van der Waals surface area contributed by atoms with Gasteiger partial charge in [0.1, 0.15) is 5.69 Å². The topological polar surface area (TPSA) is 87.1 Å². The van der Waals surface area contributed by atoms with Gasteiger partial charge >= 0.3 is 0 Å². The number of hydrogen-bond donors (Lipinski definition) is 1. The fraction of sp³-hybridized carbons (Fsp3) is 0.417. The summed E-state index contributed by atoms with van der Waals surface area (Å²) in [6.45, 7) is 2.84. The molecule has 0 bridgehead atoms. The minimum Gasteiger partial charge on any atom is -0.379 e. The van der Waals surface area contributed by atoms with E-state index in [0.717, 1.165) is 0 Å². The Morgan fingerprint density at radius 1 is 1.45 bits per heavy atom. The maximum atomic E-state index is 6.08. The van der Waals surface area contributed by atoms with Crippen LogP contribution < -0.4 is 5.73 Å². The van der Waals surface area contributed by atoms with Crippen LogP contribution in [0.3, 0.4) is 0 Å². The van der Waals surface area contributed by atoms with Crippen LogP contribution in [0.4, 0.5) is 0 Å². The van der Waals surface area contributed by atoms with Gasteiger partial charge in [-0.25, -0.2) is 4.98 Å². The second kappa shape index (κ2) is 4.96. The second-order valence-electron chi connectivity index (χ2n) is 4.95. The van der Waals surface area contributed by atoms with Gasteiger partial charge in [-0.05, 0) is 13.0 Å². The lowest BCUT2D eigenvalue weighted by Gasteiger charge is -2.21. The molecule has 3 rings (SSSR count). The minimum absolute atomic E-state index is 0.190. The van der Waals surface area contributed by atoms with Crippen molar-refractivity contribution in [2.45, 2.75) is 18.4 Å². The van der Waals surface area contributed by atoms with Crippen molar-refractivity contribution in [3.05, 3.63) is 28.2 Å². The first-order chi connectivity index (χ1) is 9.50. The van der Waals surface area contributed by atoms with Gasteiger partial charge in [-0.1, -0.05) is 28.4 Å². The van der Waals surface area contributed by atoms with E-state index in [1.165, 1.54) is 6.20 Å². The summed E-state index contributed by atoms with van der Waals surface area (Å²) < 4.78 is 10.7. The quantitative estimate of drug-likeness (QED) is 0.912. The predicted molar refractivity (Wildman–Crippen MR) is 73.7 cm³/mol. The highest BCUT2D eigenvalue weighted by Crippen LogP contribution is 2.33. The second-order valence-corrected chi connectivity index (χ2v) is 5.79. The molecule has 0 aliphatic carbocycles. The van der Waals surface area contributed by atoms with E-state index in [1.54, 1.807) is 6.07 Å². The van der Waals surface area contributed by atoms with Gasteiger partial charge in [0, 0.05) is 12.2 Å². The van der Waals surface area contributed by atoms with Gasteiger partial charge in [0.05, 0.1) is 28.7 Å². The molecule has 2 aromatic heterocycles. The largest absolute Gasteiger partial charge is 0.379 e. The molecule has 0 aromatic carbocycles. The lowest BCUT2D eigenvalue weighted by molar-refractivity contribution is 0.169. The van der Waals surface area contributed by atoms with E-state index in [4.69, 9.17) is 38.2 Å². The SMILES string of the molecule is CC1(c2nc(-c3ncc(Cl)cc3Cl)no2)COCC1N.